The third-order valence-electron chi connectivity index (χ3n) is 8.42. The minimum absolute atomic E-state index is 0.00436. The first-order chi connectivity index (χ1) is 18.3. The predicted octanol–water partition coefficient (Wildman–Crippen LogP) is 8.83. The van der Waals surface area contributed by atoms with E-state index in [1.165, 1.54) is 0 Å². The van der Waals surface area contributed by atoms with Crippen LogP contribution in [0.2, 0.25) is 0 Å². The number of hydrogen-bond acceptors (Lipinski definition) is 4. The quantitative estimate of drug-likeness (QED) is 0.310. The Morgan fingerprint density at radius 3 is 2.18 bits per heavy atom. The molecule has 4 nitrogen and oxygen atoms in total. The number of fused-ring (bicyclic) bond motifs is 3. The zero-order valence-electron chi connectivity index (χ0n) is 25.2. The number of rotatable bonds is 7. The molecule has 1 N–H and O–H groups in total. The number of benzene rings is 3. The Balaban J connectivity index is 1.91. The highest BCUT2D eigenvalue weighted by molar-refractivity contribution is 6.06. The maximum absolute atomic E-state index is 12.8. The molecule has 39 heavy (non-hydrogen) atoms. The fourth-order valence-corrected chi connectivity index (χ4v) is 7.73. The number of methoxy groups -OCH3 is 1. The Morgan fingerprint density at radius 1 is 0.897 bits per heavy atom. The molecular weight excluding hydrogens is 484 g/mol. The van der Waals surface area contributed by atoms with Gasteiger partial charge >= 0.3 is 0 Å². The van der Waals surface area contributed by atoms with Gasteiger partial charge in [-0.15, -0.1) is 0 Å². The van der Waals surface area contributed by atoms with Gasteiger partial charge in [0, 0.05) is 22.8 Å². The van der Waals surface area contributed by atoms with Gasteiger partial charge in [-0.2, -0.15) is 0 Å². The zero-order valence-corrected chi connectivity index (χ0v) is 25.2. The Hall–Kier alpha value is -2.72. The van der Waals surface area contributed by atoms with E-state index in [2.05, 4.69) is 90.9 Å². The summed E-state index contributed by atoms with van der Waals surface area (Å²) in [4.78, 5) is 0. The maximum atomic E-state index is 12.8. The van der Waals surface area contributed by atoms with Crippen LogP contribution in [0.25, 0.3) is 21.9 Å². The summed E-state index contributed by atoms with van der Waals surface area (Å²) in [5.41, 5.74) is 2.91. The van der Waals surface area contributed by atoms with Gasteiger partial charge in [0.2, 0.25) is 0 Å². The Bertz CT molecular complexity index is 1350. The molecule has 1 aliphatic heterocycles. The van der Waals surface area contributed by atoms with Gasteiger partial charge in [0.25, 0.3) is 0 Å². The zero-order chi connectivity index (χ0) is 28.2. The molecule has 1 heterocycles. The van der Waals surface area contributed by atoms with Gasteiger partial charge in [0.15, 0.2) is 11.5 Å². The first-order valence-electron chi connectivity index (χ1n) is 14.6. The van der Waals surface area contributed by atoms with Crippen LogP contribution < -0.4 is 14.2 Å². The molecule has 210 valence electrons. The number of aliphatic hydroxyl groups is 1. The van der Waals surface area contributed by atoms with Gasteiger partial charge in [-0.25, -0.2) is 0 Å². The Morgan fingerprint density at radius 2 is 1.56 bits per heavy atom. The first kappa shape index (κ1) is 27.8. The molecule has 0 spiro atoms. The number of unbranched alkanes of at least 4 members (excludes halogenated alkanes) is 1. The highest BCUT2D eigenvalue weighted by atomic mass is 16.5. The number of ether oxygens (including phenoxy) is 3. The SMILES string of the molecule is CCCCOc1cc(C2(O)CC(C)(C)CC(C)(C)C2)c(-c2ccccc2)c2c3c(c(OC)cc12)OC(C)(C)C3. The van der Waals surface area contributed by atoms with Crippen molar-refractivity contribution in [1.82, 2.24) is 0 Å². The van der Waals surface area contributed by atoms with Crippen molar-refractivity contribution in [3.8, 4) is 28.4 Å². The Kier molecular flexibility index (Phi) is 6.94. The van der Waals surface area contributed by atoms with Crippen molar-refractivity contribution in [2.75, 3.05) is 13.7 Å². The molecule has 5 rings (SSSR count). The van der Waals surface area contributed by atoms with E-state index in [0.29, 0.717) is 19.4 Å². The van der Waals surface area contributed by atoms with E-state index in [9.17, 15) is 5.11 Å². The molecule has 3 aromatic rings. The topological polar surface area (TPSA) is 47.9 Å². The summed E-state index contributed by atoms with van der Waals surface area (Å²) in [7, 11) is 1.70. The second-order valence-corrected chi connectivity index (χ2v) is 14.1. The molecule has 0 aromatic heterocycles. The van der Waals surface area contributed by atoms with Crippen LogP contribution in [-0.4, -0.2) is 24.4 Å². The molecule has 4 heteroatoms. The third-order valence-corrected chi connectivity index (χ3v) is 8.42. The fraction of sp³-hybridized carbons (Fsp3) is 0.543. The van der Waals surface area contributed by atoms with Crippen LogP contribution in [0.4, 0.5) is 0 Å². The van der Waals surface area contributed by atoms with Crippen LogP contribution in [0.1, 0.15) is 91.7 Å². The molecule has 0 saturated heterocycles. The summed E-state index contributed by atoms with van der Waals surface area (Å²) < 4.78 is 18.9. The van der Waals surface area contributed by atoms with E-state index in [0.717, 1.165) is 76.0 Å². The monoisotopic (exact) mass is 530 g/mol. The summed E-state index contributed by atoms with van der Waals surface area (Å²) >= 11 is 0. The molecule has 0 amide bonds. The maximum Gasteiger partial charge on any atom is 0.165 e. The van der Waals surface area contributed by atoms with Crippen LogP contribution >= 0.6 is 0 Å². The molecule has 0 radical (unpaired) electrons. The van der Waals surface area contributed by atoms with E-state index in [1.54, 1.807) is 7.11 Å². The van der Waals surface area contributed by atoms with Gasteiger partial charge in [-0.1, -0.05) is 71.4 Å². The lowest BCUT2D eigenvalue weighted by atomic mass is 9.57. The van der Waals surface area contributed by atoms with Crippen LogP contribution in [0, 0.1) is 10.8 Å². The van der Waals surface area contributed by atoms with Crippen molar-refractivity contribution in [2.45, 2.75) is 98.2 Å². The van der Waals surface area contributed by atoms with Gasteiger partial charge in [0.1, 0.15) is 11.4 Å². The summed E-state index contributed by atoms with van der Waals surface area (Å²) in [6.45, 7) is 16.2. The lowest BCUT2D eigenvalue weighted by Crippen LogP contribution is -2.44. The van der Waals surface area contributed by atoms with Crippen molar-refractivity contribution in [2.24, 2.45) is 10.8 Å². The minimum atomic E-state index is -1.00. The molecule has 1 fully saturated rings. The molecule has 0 bridgehead atoms. The van der Waals surface area contributed by atoms with E-state index >= 15 is 0 Å². The van der Waals surface area contributed by atoms with Gasteiger partial charge in [0.05, 0.1) is 19.3 Å². The lowest BCUT2D eigenvalue weighted by molar-refractivity contribution is -0.0909. The minimum Gasteiger partial charge on any atom is -0.493 e. The molecule has 3 aromatic carbocycles. The van der Waals surface area contributed by atoms with Gasteiger partial charge in [-0.05, 0) is 79.2 Å². The largest absolute Gasteiger partial charge is 0.493 e. The van der Waals surface area contributed by atoms with E-state index in [4.69, 9.17) is 14.2 Å². The third kappa shape index (κ3) is 5.25. The summed E-state index contributed by atoms with van der Waals surface area (Å²) in [6.07, 6.45) is 5.25. The standard InChI is InChI=1S/C35H46O4/c1-9-10-16-38-27-18-26(35(36)21-32(2,3)20-33(4,5)22-35)29(23-14-12-11-13-15-23)30-24(27)17-28(37-8)31-25(30)19-34(6,7)39-31/h11-15,17-18,36H,9-10,16,19-22H2,1-8H3. The van der Waals surface area contributed by atoms with Crippen LogP contribution in [0.5, 0.6) is 17.2 Å². The molecule has 2 aliphatic rings. The van der Waals surface area contributed by atoms with Gasteiger partial charge in [-0.3, -0.25) is 0 Å². The van der Waals surface area contributed by atoms with Crippen molar-refractivity contribution in [3.05, 3.63) is 53.6 Å². The highest BCUT2D eigenvalue weighted by Gasteiger charge is 2.49. The summed E-state index contributed by atoms with van der Waals surface area (Å²) in [5, 5.41) is 14.9. The van der Waals surface area contributed by atoms with E-state index < -0.39 is 5.60 Å². The van der Waals surface area contributed by atoms with Crippen molar-refractivity contribution < 1.29 is 19.3 Å². The van der Waals surface area contributed by atoms with Crippen molar-refractivity contribution in [1.29, 1.82) is 0 Å². The average molecular weight is 531 g/mol. The van der Waals surface area contributed by atoms with Crippen molar-refractivity contribution in [3.63, 3.8) is 0 Å². The average Bonchev–Trinajstić information content (AvgIpc) is 3.16. The fourth-order valence-electron chi connectivity index (χ4n) is 7.73. The van der Waals surface area contributed by atoms with Crippen LogP contribution in [-0.2, 0) is 12.0 Å². The normalized spacial score (nSPS) is 20.3. The second kappa shape index (κ2) is 9.73. The van der Waals surface area contributed by atoms with Gasteiger partial charge < -0.3 is 19.3 Å². The van der Waals surface area contributed by atoms with Crippen LogP contribution in [0.15, 0.2) is 42.5 Å². The molecule has 1 saturated carbocycles. The first-order valence-corrected chi connectivity index (χ1v) is 14.6. The van der Waals surface area contributed by atoms with Crippen molar-refractivity contribution >= 4 is 10.8 Å². The Labute approximate surface area is 234 Å². The smallest absolute Gasteiger partial charge is 0.165 e. The lowest BCUT2D eigenvalue weighted by Gasteiger charge is -2.50. The van der Waals surface area contributed by atoms with E-state index in [-0.39, 0.29) is 16.4 Å². The number of hydrogen-bond donors (Lipinski definition) is 1. The molecule has 1 aliphatic carbocycles. The van der Waals surface area contributed by atoms with E-state index in [1.807, 2.05) is 0 Å². The second-order valence-electron chi connectivity index (χ2n) is 14.1. The molecule has 0 unspecified atom stereocenters. The predicted molar refractivity (Wildman–Crippen MR) is 160 cm³/mol. The molecular formula is C35H46O4. The van der Waals surface area contributed by atoms with Crippen LogP contribution in [0.3, 0.4) is 0 Å². The summed E-state index contributed by atoms with van der Waals surface area (Å²) in [6, 6.07) is 14.8. The summed E-state index contributed by atoms with van der Waals surface area (Å²) in [5.74, 6) is 2.35. The molecule has 0 atom stereocenters. The highest BCUT2D eigenvalue weighted by Crippen LogP contribution is 2.58.